The molecule has 0 amide bonds. The molecular weight excluding hydrogens is 256 g/mol. The van der Waals surface area contributed by atoms with Crippen molar-refractivity contribution in [3.8, 4) is 0 Å². The minimum absolute atomic E-state index is 0.269. The van der Waals surface area contributed by atoms with Gasteiger partial charge in [0.15, 0.2) is 0 Å². The molecule has 106 valence electrons. The summed E-state index contributed by atoms with van der Waals surface area (Å²) in [5, 5.41) is 18.0. The van der Waals surface area contributed by atoms with Crippen molar-refractivity contribution in [2.24, 2.45) is 10.1 Å². The van der Waals surface area contributed by atoms with E-state index in [-0.39, 0.29) is 5.56 Å². The number of aromatic carboxylic acids is 1. The summed E-state index contributed by atoms with van der Waals surface area (Å²) in [6.45, 7) is 1.72. The van der Waals surface area contributed by atoms with Gasteiger partial charge < -0.3 is 10.4 Å². The molecular formula is C14H18N4O2. The summed E-state index contributed by atoms with van der Waals surface area (Å²) in [5.74, 6) is -0.163. The summed E-state index contributed by atoms with van der Waals surface area (Å²) in [7, 11) is 1.83. The first-order chi connectivity index (χ1) is 9.66. The lowest BCUT2D eigenvalue weighted by Crippen LogP contribution is -2.35. The van der Waals surface area contributed by atoms with Gasteiger partial charge in [-0.3, -0.25) is 4.99 Å². The Morgan fingerprint density at radius 3 is 2.85 bits per heavy atom. The standard InChI is InChI=1S/C14H18N4O2/c1-18(14-15-8-2-3-9-16-14)17-10-11-4-6-12(7-5-11)13(19)20/h4-7,10H,2-3,8-9H2,1H3,(H,15,16)(H,19,20). The lowest BCUT2D eigenvalue weighted by Gasteiger charge is -2.15. The number of aliphatic imine (C=N–C) groups is 1. The van der Waals surface area contributed by atoms with Crippen LogP contribution in [0.25, 0.3) is 0 Å². The number of hydrazone groups is 1. The lowest BCUT2D eigenvalue weighted by atomic mass is 10.1. The highest BCUT2D eigenvalue weighted by molar-refractivity contribution is 5.89. The number of carboxylic acids is 1. The average molecular weight is 274 g/mol. The second-order valence-corrected chi connectivity index (χ2v) is 4.53. The summed E-state index contributed by atoms with van der Waals surface area (Å²) in [5.41, 5.74) is 1.11. The molecule has 1 aromatic carbocycles. The van der Waals surface area contributed by atoms with Crippen LogP contribution in [-0.2, 0) is 0 Å². The van der Waals surface area contributed by atoms with Crippen molar-refractivity contribution < 1.29 is 9.90 Å². The van der Waals surface area contributed by atoms with Crippen LogP contribution in [0.5, 0.6) is 0 Å². The number of guanidine groups is 1. The van der Waals surface area contributed by atoms with Gasteiger partial charge in [-0.05, 0) is 30.5 Å². The third-order valence-corrected chi connectivity index (χ3v) is 2.97. The van der Waals surface area contributed by atoms with Crippen LogP contribution in [0.2, 0.25) is 0 Å². The van der Waals surface area contributed by atoms with Gasteiger partial charge in [-0.1, -0.05) is 12.1 Å². The predicted molar refractivity (Wildman–Crippen MR) is 78.3 cm³/mol. The SMILES string of the molecule is CN(N=Cc1ccc(C(=O)O)cc1)C1=NCCCCN1. The molecule has 0 atom stereocenters. The fourth-order valence-corrected chi connectivity index (χ4v) is 1.81. The monoisotopic (exact) mass is 274 g/mol. The van der Waals surface area contributed by atoms with Gasteiger partial charge in [-0.15, -0.1) is 0 Å². The molecule has 20 heavy (non-hydrogen) atoms. The molecule has 0 aromatic heterocycles. The van der Waals surface area contributed by atoms with E-state index >= 15 is 0 Å². The third kappa shape index (κ3) is 3.81. The van der Waals surface area contributed by atoms with E-state index in [1.807, 2.05) is 7.05 Å². The van der Waals surface area contributed by atoms with Gasteiger partial charge in [0.25, 0.3) is 0 Å². The van der Waals surface area contributed by atoms with Crippen molar-refractivity contribution in [1.82, 2.24) is 10.3 Å². The van der Waals surface area contributed by atoms with E-state index in [1.165, 1.54) is 0 Å². The molecule has 2 rings (SSSR count). The highest BCUT2D eigenvalue weighted by Crippen LogP contribution is 2.03. The maximum atomic E-state index is 10.8. The van der Waals surface area contributed by atoms with E-state index in [2.05, 4.69) is 15.4 Å². The number of carbonyl (C=O) groups is 1. The van der Waals surface area contributed by atoms with Crippen molar-refractivity contribution >= 4 is 18.1 Å². The molecule has 2 N–H and O–H groups in total. The van der Waals surface area contributed by atoms with Crippen molar-refractivity contribution in [3.63, 3.8) is 0 Å². The number of nitrogens with one attached hydrogen (secondary N) is 1. The zero-order valence-corrected chi connectivity index (χ0v) is 11.4. The van der Waals surface area contributed by atoms with Crippen LogP contribution in [0.4, 0.5) is 0 Å². The Morgan fingerprint density at radius 1 is 1.40 bits per heavy atom. The molecule has 0 radical (unpaired) electrons. The Balaban J connectivity index is 2.00. The molecule has 0 saturated carbocycles. The molecule has 6 heteroatoms. The molecule has 1 aromatic rings. The van der Waals surface area contributed by atoms with E-state index in [9.17, 15) is 4.79 Å². The summed E-state index contributed by atoms with van der Waals surface area (Å²) < 4.78 is 0. The smallest absolute Gasteiger partial charge is 0.335 e. The highest BCUT2D eigenvalue weighted by atomic mass is 16.4. The fourth-order valence-electron chi connectivity index (χ4n) is 1.81. The minimum atomic E-state index is -0.928. The summed E-state index contributed by atoms with van der Waals surface area (Å²) >= 11 is 0. The van der Waals surface area contributed by atoms with Crippen LogP contribution in [0.1, 0.15) is 28.8 Å². The van der Waals surface area contributed by atoms with E-state index in [4.69, 9.17) is 5.11 Å². The number of rotatable bonds is 3. The van der Waals surface area contributed by atoms with Crippen LogP contribution in [0.15, 0.2) is 34.4 Å². The van der Waals surface area contributed by atoms with Crippen LogP contribution < -0.4 is 5.32 Å². The Bertz CT molecular complexity index is 522. The first-order valence-electron chi connectivity index (χ1n) is 6.56. The summed E-state index contributed by atoms with van der Waals surface area (Å²) in [6.07, 6.45) is 3.88. The number of carboxylic acid groups (broad SMARTS) is 1. The van der Waals surface area contributed by atoms with Gasteiger partial charge in [0.2, 0.25) is 5.96 Å². The predicted octanol–water partition coefficient (Wildman–Crippen LogP) is 1.39. The molecule has 0 aliphatic carbocycles. The number of hydrogen-bond donors (Lipinski definition) is 2. The molecule has 0 unspecified atom stereocenters. The quantitative estimate of drug-likeness (QED) is 0.645. The molecule has 1 aliphatic heterocycles. The Hall–Kier alpha value is -2.37. The van der Waals surface area contributed by atoms with Crippen LogP contribution >= 0.6 is 0 Å². The van der Waals surface area contributed by atoms with Gasteiger partial charge in [0.1, 0.15) is 0 Å². The highest BCUT2D eigenvalue weighted by Gasteiger charge is 2.06. The lowest BCUT2D eigenvalue weighted by molar-refractivity contribution is 0.0697. The first kappa shape index (κ1) is 14.0. The van der Waals surface area contributed by atoms with E-state index in [0.717, 1.165) is 37.5 Å². The molecule has 0 spiro atoms. The fraction of sp³-hybridized carbons (Fsp3) is 0.357. The molecule has 1 heterocycles. The van der Waals surface area contributed by atoms with Crippen LogP contribution in [-0.4, -0.2) is 48.4 Å². The minimum Gasteiger partial charge on any atom is -0.478 e. The van der Waals surface area contributed by atoms with Gasteiger partial charge in [0, 0.05) is 20.1 Å². The Kier molecular flexibility index (Phi) is 4.70. The van der Waals surface area contributed by atoms with Gasteiger partial charge in [-0.2, -0.15) is 5.10 Å². The Labute approximate surface area is 117 Å². The largest absolute Gasteiger partial charge is 0.478 e. The van der Waals surface area contributed by atoms with Gasteiger partial charge in [-0.25, -0.2) is 9.80 Å². The summed E-state index contributed by atoms with van der Waals surface area (Å²) in [4.78, 5) is 15.2. The number of nitrogens with zero attached hydrogens (tertiary/aromatic N) is 3. The third-order valence-electron chi connectivity index (χ3n) is 2.97. The van der Waals surface area contributed by atoms with Crippen molar-refractivity contribution in [3.05, 3.63) is 35.4 Å². The normalized spacial score (nSPS) is 15.3. The second-order valence-electron chi connectivity index (χ2n) is 4.53. The van der Waals surface area contributed by atoms with Crippen molar-refractivity contribution in [2.45, 2.75) is 12.8 Å². The molecule has 0 saturated heterocycles. The van der Waals surface area contributed by atoms with Crippen molar-refractivity contribution in [2.75, 3.05) is 20.1 Å². The molecule has 0 fully saturated rings. The van der Waals surface area contributed by atoms with E-state index in [1.54, 1.807) is 35.5 Å². The molecule has 0 bridgehead atoms. The first-order valence-corrected chi connectivity index (χ1v) is 6.56. The zero-order chi connectivity index (χ0) is 14.4. The average Bonchev–Trinajstić information content (AvgIpc) is 2.74. The van der Waals surface area contributed by atoms with Crippen LogP contribution in [0.3, 0.4) is 0 Å². The van der Waals surface area contributed by atoms with E-state index < -0.39 is 5.97 Å². The van der Waals surface area contributed by atoms with E-state index in [0.29, 0.717) is 0 Å². The molecule has 1 aliphatic rings. The van der Waals surface area contributed by atoms with Gasteiger partial charge in [0.05, 0.1) is 11.8 Å². The summed E-state index contributed by atoms with van der Waals surface area (Å²) in [6, 6.07) is 6.57. The maximum Gasteiger partial charge on any atom is 0.335 e. The maximum absolute atomic E-state index is 10.8. The Morgan fingerprint density at radius 2 is 2.15 bits per heavy atom. The van der Waals surface area contributed by atoms with Crippen molar-refractivity contribution in [1.29, 1.82) is 0 Å². The second kappa shape index (κ2) is 6.70. The topological polar surface area (TPSA) is 77.3 Å². The zero-order valence-electron chi connectivity index (χ0n) is 11.4. The number of benzene rings is 1. The number of hydrogen-bond acceptors (Lipinski definition) is 5. The van der Waals surface area contributed by atoms with Gasteiger partial charge >= 0.3 is 5.97 Å². The molecule has 6 nitrogen and oxygen atoms in total. The van der Waals surface area contributed by atoms with Crippen LogP contribution in [0, 0.1) is 0 Å².